The standard InChI is InChI=1S/C10H14O2/c11-9-5-3-7-12-10-6-2-1-4-8(9)10/h1-7H2. The van der Waals surface area contributed by atoms with Crippen LogP contribution in [0.15, 0.2) is 11.3 Å². The van der Waals surface area contributed by atoms with Crippen LogP contribution in [0.1, 0.15) is 38.5 Å². The molecule has 0 fully saturated rings. The van der Waals surface area contributed by atoms with Crippen molar-refractivity contribution in [3.63, 3.8) is 0 Å². The van der Waals surface area contributed by atoms with Crippen molar-refractivity contribution in [3.8, 4) is 0 Å². The highest BCUT2D eigenvalue weighted by atomic mass is 16.5. The van der Waals surface area contributed by atoms with Crippen molar-refractivity contribution in [2.75, 3.05) is 6.61 Å². The Hall–Kier alpha value is -0.790. The van der Waals surface area contributed by atoms with Crippen LogP contribution in [0.4, 0.5) is 0 Å². The van der Waals surface area contributed by atoms with Crippen molar-refractivity contribution < 1.29 is 9.53 Å². The fourth-order valence-electron chi connectivity index (χ4n) is 1.91. The predicted molar refractivity (Wildman–Crippen MR) is 45.7 cm³/mol. The molecule has 2 rings (SSSR count). The summed E-state index contributed by atoms with van der Waals surface area (Å²) in [5, 5.41) is 0. The largest absolute Gasteiger partial charge is 0.498 e. The second kappa shape index (κ2) is 3.30. The lowest BCUT2D eigenvalue weighted by Crippen LogP contribution is -2.08. The zero-order chi connectivity index (χ0) is 8.39. The second-order valence-corrected chi connectivity index (χ2v) is 3.48. The van der Waals surface area contributed by atoms with Gasteiger partial charge in [-0.25, -0.2) is 0 Å². The molecule has 2 aliphatic rings. The number of Topliss-reactive ketones (excluding diaryl/α,β-unsaturated/α-hetero) is 1. The third-order valence-electron chi connectivity index (χ3n) is 2.58. The molecular formula is C10H14O2. The second-order valence-electron chi connectivity index (χ2n) is 3.48. The van der Waals surface area contributed by atoms with Crippen LogP contribution in [0.2, 0.25) is 0 Å². The van der Waals surface area contributed by atoms with Gasteiger partial charge in [-0.15, -0.1) is 0 Å². The van der Waals surface area contributed by atoms with Crippen LogP contribution >= 0.6 is 0 Å². The highest BCUT2D eigenvalue weighted by Gasteiger charge is 2.22. The van der Waals surface area contributed by atoms with Crippen molar-refractivity contribution in [2.45, 2.75) is 38.5 Å². The number of ether oxygens (including phenoxy) is 1. The minimum absolute atomic E-state index is 0.335. The predicted octanol–water partition coefficient (Wildman–Crippen LogP) is 2.19. The minimum atomic E-state index is 0.335. The highest BCUT2D eigenvalue weighted by Crippen LogP contribution is 2.29. The van der Waals surface area contributed by atoms with Crippen molar-refractivity contribution >= 4 is 5.78 Å². The molecule has 66 valence electrons. The van der Waals surface area contributed by atoms with Crippen LogP contribution in [0, 0.1) is 0 Å². The van der Waals surface area contributed by atoms with Crippen LogP contribution in [-0.4, -0.2) is 12.4 Å². The summed E-state index contributed by atoms with van der Waals surface area (Å²) in [5.74, 6) is 1.34. The van der Waals surface area contributed by atoms with E-state index >= 15 is 0 Å². The lowest BCUT2D eigenvalue weighted by atomic mass is 9.94. The minimum Gasteiger partial charge on any atom is -0.498 e. The van der Waals surface area contributed by atoms with Gasteiger partial charge in [0.2, 0.25) is 0 Å². The van der Waals surface area contributed by atoms with Crippen LogP contribution in [0.3, 0.4) is 0 Å². The molecule has 0 saturated carbocycles. The van der Waals surface area contributed by atoms with Crippen LogP contribution in [-0.2, 0) is 9.53 Å². The Kier molecular flexibility index (Phi) is 2.15. The molecule has 1 heterocycles. The molecule has 12 heavy (non-hydrogen) atoms. The molecule has 1 aliphatic carbocycles. The lowest BCUT2D eigenvalue weighted by molar-refractivity contribution is -0.115. The Morgan fingerprint density at radius 3 is 2.75 bits per heavy atom. The van der Waals surface area contributed by atoms with Gasteiger partial charge in [-0.1, -0.05) is 0 Å². The van der Waals surface area contributed by atoms with E-state index in [1.807, 2.05) is 0 Å². The molecule has 1 aliphatic heterocycles. The number of carbonyl (C=O) groups is 1. The van der Waals surface area contributed by atoms with Crippen LogP contribution in [0.5, 0.6) is 0 Å². The van der Waals surface area contributed by atoms with Gasteiger partial charge in [0.15, 0.2) is 5.78 Å². The topological polar surface area (TPSA) is 26.3 Å². The van der Waals surface area contributed by atoms with Crippen LogP contribution in [0.25, 0.3) is 0 Å². The Bertz CT molecular complexity index is 228. The fourth-order valence-corrected chi connectivity index (χ4v) is 1.91. The number of hydrogen-bond donors (Lipinski definition) is 0. The molecule has 2 heteroatoms. The van der Waals surface area contributed by atoms with E-state index in [2.05, 4.69) is 0 Å². The summed E-state index contributed by atoms with van der Waals surface area (Å²) in [4.78, 5) is 11.5. The molecule has 0 aromatic rings. The Morgan fingerprint density at radius 2 is 1.83 bits per heavy atom. The van der Waals surface area contributed by atoms with E-state index in [1.54, 1.807) is 0 Å². The normalized spacial score (nSPS) is 24.5. The summed E-state index contributed by atoms with van der Waals surface area (Å²) in [5.41, 5.74) is 0.999. The van der Waals surface area contributed by atoms with Crippen molar-refractivity contribution in [1.29, 1.82) is 0 Å². The van der Waals surface area contributed by atoms with Crippen molar-refractivity contribution in [2.24, 2.45) is 0 Å². The maximum Gasteiger partial charge on any atom is 0.162 e. The van der Waals surface area contributed by atoms with E-state index in [0.29, 0.717) is 12.2 Å². The van der Waals surface area contributed by atoms with Gasteiger partial charge in [0.05, 0.1) is 6.61 Å². The quantitative estimate of drug-likeness (QED) is 0.551. The monoisotopic (exact) mass is 166 g/mol. The molecule has 0 amide bonds. The summed E-state index contributed by atoms with van der Waals surface area (Å²) < 4.78 is 5.54. The zero-order valence-electron chi connectivity index (χ0n) is 7.27. The molecule has 0 atom stereocenters. The molecular weight excluding hydrogens is 152 g/mol. The molecule has 2 nitrogen and oxygen atoms in total. The number of hydrogen-bond acceptors (Lipinski definition) is 2. The van der Waals surface area contributed by atoms with Crippen molar-refractivity contribution in [1.82, 2.24) is 0 Å². The Labute approximate surface area is 72.6 Å². The first kappa shape index (κ1) is 7.84. The van der Waals surface area contributed by atoms with Gasteiger partial charge >= 0.3 is 0 Å². The third-order valence-corrected chi connectivity index (χ3v) is 2.58. The van der Waals surface area contributed by atoms with Gasteiger partial charge in [0.25, 0.3) is 0 Å². The molecule has 0 unspecified atom stereocenters. The van der Waals surface area contributed by atoms with Crippen molar-refractivity contribution in [3.05, 3.63) is 11.3 Å². The van der Waals surface area contributed by atoms with E-state index in [9.17, 15) is 4.79 Å². The molecule has 0 aromatic carbocycles. The summed E-state index contributed by atoms with van der Waals surface area (Å²) in [6, 6.07) is 0. The van der Waals surface area contributed by atoms with Gasteiger partial charge in [-0.05, 0) is 25.7 Å². The number of allylic oxidation sites excluding steroid dienone is 2. The summed E-state index contributed by atoms with van der Waals surface area (Å²) in [6.45, 7) is 0.741. The van der Waals surface area contributed by atoms with E-state index in [0.717, 1.165) is 43.6 Å². The Morgan fingerprint density at radius 1 is 1.00 bits per heavy atom. The first-order valence-electron chi connectivity index (χ1n) is 4.76. The van der Waals surface area contributed by atoms with E-state index in [-0.39, 0.29) is 0 Å². The first-order chi connectivity index (χ1) is 5.88. The summed E-state index contributed by atoms with van der Waals surface area (Å²) in [7, 11) is 0. The third kappa shape index (κ3) is 1.38. The number of rotatable bonds is 0. The maximum absolute atomic E-state index is 11.5. The molecule has 0 spiro atoms. The Balaban J connectivity index is 2.24. The lowest BCUT2D eigenvalue weighted by Gasteiger charge is -2.16. The fraction of sp³-hybridized carbons (Fsp3) is 0.700. The van der Waals surface area contributed by atoms with Gasteiger partial charge in [-0.3, -0.25) is 4.79 Å². The molecule has 0 aromatic heterocycles. The van der Waals surface area contributed by atoms with Crippen LogP contribution < -0.4 is 0 Å². The van der Waals surface area contributed by atoms with Gasteiger partial charge in [-0.2, -0.15) is 0 Å². The molecule has 0 radical (unpaired) electrons. The average molecular weight is 166 g/mol. The smallest absolute Gasteiger partial charge is 0.162 e. The highest BCUT2D eigenvalue weighted by molar-refractivity contribution is 5.96. The van der Waals surface area contributed by atoms with Gasteiger partial charge in [0.1, 0.15) is 5.76 Å². The maximum atomic E-state index is 11.5. The molecule has 0 saturated heterocycles. The zero-order valence-corrected chi connectivity index (χ0v) is 7.27. The molecule has 0 bridgehead atoms. The summed E-state index contributed by atoms with van der Waals surface area (Å²) >= 11 is 0. The first-order valence-corrected chi connectivity index (χ1v) is 4.76. The summed E-state index contributed by atoms with van der Waals surface area (Å²) in [6.07, 6.45) is 5.87. The van der Waals surface area contributed by atoms with E-state index in [1.165, 1.54) is 6.42 Å². The SMILES string of the molecule is O=C1CCCOC2=C1CCCC2. The van der Waals surface area contributed by atoms with Gasteiger partial charge in [0, 0.05) is 18.4 Å². The number of ketones is 1. The molecule has 0 N–H and O–H groups in total. The van der Waals surface area contributed by atoms with Gasteiger partial charge < -0.3 is 4.74 Å². The number of carbonyl (C=O) groups excluding carboxylic acids is 1. The van der Waals surface area contributed by atoms with E-state index < -0.39 is 0 Å². The van der Waals surface area contributed by atoms with E-state index in [4.69, 9.17) is 4.74 Å². The average Bonchev–Trinajstić information content (AvgIpc) is 2.29.